The minimum Gasteiger partial charge on any atom is -0.455 e. The molecule has 0 spiro atoms. The molecule has 0 bridgehead atoms. The Hall–Kier alpha value is -2.09. The SMILES string of the molecule is CC1=NC(=O)NC(c2ccccc2Cl)C1C(=O)OCC(F)(F)F. The van der Waals surface area contributed by atoms with Crippen LogP contribution in [-0.2, 0) is 9.53 Å². The van der Waals surface area contributed by atoms with Crippen LogP contribution in [0.25, 0.3) is 0 Å². The first-order valence-corrected chi connectivity index (χ1v) is 6.90. The molecule has 0 saturated heterocycles. The molecular weight excluding hydrogens is 337 g/mol. The predicted octanol–water partition coefficient (Wildman–Crippen LogP) is 3.29. The molecule has 0 radical (unpaired) electrons. The molecule has 1 aromatic rings. The summed E-state index contributed by atoms with van der Waals surface area (Å²) in [6.07, 6.45) is -4.64. The molecule has 1 heterocycles. The van der Waals surface area contributed by atoms with Gasteiger partial charge in [-0.05, 0) is 18.6 Å². The van der Waals surface area contributed by atoms with Crippen LogP contribution in [0.3, 0.4) is 0 Å². The lowest BCUT2D eigenvalue weighted by Crippen LogP contribution is -2.45. The monoisotopic (exact) mass is 348 g/mol. The quantitative estimate of drug-likeness (QED) is 0.852. The van der Waals surface area contributed by atoms with Crippen LogP contribution in [0.2, 0.25) is 5.02 Å². The van der Waals surface area contributed by atoms with E-state index in [1.807, 2.05) is 0 Å². The van der Waals surface area contributed by atoms with E-state index in [4.69, 9.17) is 11.6 Å². The maximum Gasteiger partial charge on any atom is 0.422 e. The fourth-order valence-electron chi connectivity index (χ4n) is 2.25. The minimum absolute atomic E-state index is 0.0610. The number of benzene rings is 1. The van der Waals surface area contributed by atoms with E-state index in [0.717, 1.165) is 0 Å². The van der Waals surface area contributed by atoms with Crippen LogP contribution < -0.4 is 5.32 Å². The predicted molar refractivity (Wildman–Crippen MR) is 76.3 cm³/mol. The summed E-state index contributed by atoms with van der Waals surface area (Å²) in [5.74, 6) is -2.32. The van der Waals surface area contributed by atoms with Gasteiger partial charge in [0.05, 0.1) is 6.04 Å². The van der Waals surface area contributed by atoms with Crippen LogP contribution in [0.1, 0.15) is 18.5 Å². The van der Waals surface area contributed by atoms with E-state index >= 15 is 0 Å². The Bertz CT molecular complexity index is 661. The maximum absolute atomic E-state index is 12.2. The molecule has 1 N–H and O–H groups in total. The average molecular weight is 349 g/mol. The van der Waals surface area contributed by atoms with E-state index in [1.165, 1.54) is 6.92 Å². The Balaban J connectivity index is 2.32. The summed E-state index contributed by atoms with van der Waals surface area (Å²) < 4.78 is 41.0. The van der Waals surface area contributed by atoms with Gasteiger partial charge in [0.25, 0.3) is 0 Å². The summed E-state index contributed by atoms with van der Waals surface area (Å²) in [5.41, 5.74) is 0.455. The highest BCUT2D eigenvalue weighted by Gasteiger charge is 2.40. The van der Waals surface area contributed by atoms with Crippen LogP contribution in [0.15, 0.2) is 29.3 Å². The lowest BCUT2D eigenvalue weighted by Gasteiger charge is -2.30. The van der Waals surface area contributed by atoms with E-state index in [2.05, 4.69) is 15.0 Å². The molecule has 23 heavy (non-hydrogen) atoms. The smallest absolute Gasteiger partial charge is 0.422 e. The van der Waals surface area contributed by atoms with Crippen LogP contribution >= 0.6 is 11.6 Å². The number of ether oxygens (including phenoxy) is 1. The van der Waals surface area contributed by atoms with Gasteiger partial charge in [0.1, 0.15) is 5.92 Å². The van der Waals surface area contributed by atoms with Gasteiger partial charge in [0.15, 0.2) is 6.61 Å². The van der Waals surface area contributed by atoms with Crippen molar-refractivity contribution >= 4 is 29.3 Å². The second-order valence-corrected chi connectivity index (χ2v) is 5.31. The van der Waals surface area contributed by atoms with Gasteiger partial charge < -0.3 is 10.1 Å². The molecule has 0 aromatic heterocycles. The fourth-order valence-corrected chi connectivity index (χ4v) is 2.51. The van der Waals surface area contributed by atoms with E-state index in [-0.39, 0.29) is 10.7 Å². The highest BCUT2D eigenvalue weighted by atomic mass is 35.5. The number of esters is 1. The van der Waals surface area contributed by atoms with Gasteiger partial charge >= 0.3 is 18.2 Å². The topological polar surface area (TPSA) is 67.8 Å². The Morgan fingerprint density at radius 3 is 2.65 bits per heavy atom. The lowest BCUT2D eigenvalue weighted by molar-refractivity contribution is -0.188. The van der Waals surface area contributed by atoms with Gasteiger partial charge in [-0.3, -0.25) is 4.79 Å². The van der Waals surface area contributed by atoms with Gasteiger partial charge in [0.2, 0.25) is 0 Å². The van der Waals surface area contributed by atoms with Gasteiger partial charge in [-0.25, -0.2) is 9.79 Å². The number of hydrogen-bond donors (Lipinski definition) is 1. The van der Waals surface area contributed by atoms with Crippen molar-refractivity contribution in [2.45, 2.75) is 19.1 Å². The van der Waals surface area contributed by atoms with Crippen LogP contribution in [0.4, 0.5) is 18.0 Å². The summed E-state index contributed by atoms with van der Waals surface area (Å²) in [6.45, 7) is -0.332. The molecule has 2 atom stereocenters. The fraction of sp³-hybridized carbons (Fsp3) is 0.357. The summed E-state index contributed by atoms with van der Waals surface area (Å²) in [7, 11) is 0. The van der Waals surface area contributed by atoms with Crippen molar-refractivity contribution in [3.63, 3.8) is 0 Å². The number of hydrogen-bond acceptors (Lipinski definition) is 3. The second kappa shape index (κ2) is 6.57. The number of carbonyl (C=O) groups is 2. The van der Waals surface area contributed by atoms with Crippen molar-refractivity contribution in [2.75, 3.05) is 6.61 Å². The number of amides is 2. The molecule has 0 fully saturated rings. The third-order valence-corrected chi connectivity index (χ3v) is 3.56. The van der Waals surface area contributed by atoms with Crippen LogP contribution in [0, 0.1) is 5.92 Å². The molecule has 5 nitrogen and oxygen atoms in total. The van der Waals surface area contributed by atoms with Crippen molar-refractivity contribution < 1.29 is 27.5 Å². The molecular formula is C14H12ClF3N2O3. The zero-order valence-corrected chi connectivity index (χ0v) is 12.6. The molecule has 1 aromatic carbocycles. The van der Waals surface area contributed by atoms with Crippen LogP contribution in [-0.4, -0.2) is 30.5 Å². The largest absolute Gasteiger partial charge is 0.455 e. The highest BCUT2D eigenvalue weighted by molar-refractivity contribution is 6.31. The number of alkyl halides is 3. The molecule has 1 aliphatic heterocycles. The molecule has 9 heteroatoms. The summed E-state index contributed by atoms with van der Waals surface area (Å²) >= 11 is 6.05. The molecule has 2 unspecified atom stereocenters. The first-order valence-electron chi connectivity index (χ1n) is 6.52. The van der Waals surface area contributed by atoms with Crippen molar-refractivity contribution in [1.82, 2.24) is 5.32 Å². The number of nitrogens with zero attached hydrogens (tertiary/aromatic N) is 1. The minimum atomic E-state index is -4.64. The number of aliphatic imine (C=N–C) groups is 1. The zero-order valence-electron chi connectivity index (χ0n) is 11.9. The van der Waals surface area contributed by atoms with Crippen LogP contribution in [0.5, 0.6) is 0 Å². The number of urea groups is 1. The normalized spacial score (nSPS) is 21.4. The summed E-state index contributed by atoms with van der Waals surface area (Å²) in [6, 6.07) is 4.74. The maximum atomic E-state index is 12.2. The average Bonchev–Trinajstić information content (AvgIpc) is 2.43. The Labute approximate surface area is 134 Å². The Morgan fingerprint density at radius 2 is 2.04 bits per heavy atom. The van der Waals surface area contributed by atoms with Gasteiger partial charge in [0, 0.05) is 10.7 Å². The number of nitrogens with one attached hydrogen (secondary N) is 1. The van der Waals surface area contributed by atoms with E-state index in [0.29, 0.717) is 5.56 Å². The number of halogens is 4. The van der Waals surface area contributed by atoms with Crippen molar-refractivity contribution in [3.8, 4) is 0 Å². The Kier molecular flexibility index (Phi) is 4.93. The number of carbonyl (C=O) groups excluding carboxylic acids is 2. The molecule has 2 rings (SSSR count). The van der Waals surface area contributed by atoms with Crippen molar-refractivity contribution in [3.05, 3.63) is 34.9 Å². The molecule has 2 amide bonds. The number of rotatable bonds is 3. The molecule has 124 valence electrons. The van der Waals surface area contributed by atoms with Gasteiger partial charge in [-0.15, -0.1) is 0 Å². The zero-order chi connectivity index (χ0) is 17.2. The first-order chi connectivity index (χ1) is 10.7. The van der Waals surface area contributed by atoms with E-state index in [1.54, 1.807) is 24.3 Å². The summed E-state index contributed by atoms with van der Waals surface area (Å²) in [4.78, 5) is 27.2. The molecule has 1 aliphatic rings. The van der Waals surface area contributed by atoms with Crippen molar-refractivity contribution in [2.24, 2.45) is 10.9 Å². The molecule has 0 aliphatic carbocycles. The second-order valence-electron chi connectivity index (χ2n) is 4.90. The molecule has 0 saturated carbocycles. The summed E-state index contributed by atoms with van der Waals surface area (Å²) in [5, 5.41) is 2.70. The highest BCUT2D eigenvalue weighted by Crippen LogP contribution is 2.32. The first kappa shape index (κ1) is 17.3. The standard InChI is InChI=1S/C14H12ClF3N2O3/c1-7-10(12(21)23-6-14(16,17)18)11(20-13(22)19-7)8-4-2-3-5-9(8)15/h2-5,10-11H,6H2,1H3,(H,20,22). The Morgan fingerprint density at radius 1 is 1.39 bits per heavy atom. The van der Waals surface area contributed by atoms with Gasteiger partial charge in [-0.2, -0.15) is 13.2 Å². The third kappa shape index (κ3) is 4.22. The lowest BCUT2D eigenvalue weighted by atomic mass is 9.88. The van der Waals surface area contributed by atoms with E-state index in [9.17, 15) is 22.8 Å². The third-order valence-electron chi connectivity index (χ3n) is 3.21. The van der Waals surface area contributed by atoms with Crippen molar-refractivity contribution in [1.29, 1.82) is 0 Å². The van der Waals surface area contributed by atoms with E-state index < -0.39 is 36.7 Å². The van der Waals surface area contributed by atoms with Gasteiger partial charge in [-0.1, -0.05) is 29.8 Å².